The van der Waals surface area contributed by atoms with E-state index in [4.69, 9.17) is 0 Å². The Balaban J connectivity index is 1.79. The normalized spacial score (nSPS) is 10.2. The number of rotatable bonds is 8. The van der Waals surface area contributed by atoms with Gasteiger partial charge in [0.1, 0.15) is 0 Å². The molecule has 2 N–H and O–H groups in total. The number of benzene rings is 1. The molecule has 0 saturated carbocycles. The molecule has 0 unspecified atom stereocenters. The highest BCUT2D eigenvalue weighted by Crippen LogP contribution is 2.15. The highest BCUT2D eigenvalue weighted by atomic mass is 32.2. The highest BCUT2D eigenvalue weighted by Gasteiger charge is 2.09. The molecule has 1 heterocycles. The smallest absolute Gasteiger partial charge is 0.307 e. The van der Waals surface area contributed by atoms with E-state index in [9.17, 15) is 14.4 Å². The van der Waals surface area contributed by atoms with Crippen LogP contribution in [0.3, 0.4) is 0 Å². The van der Waals surface area contributed by atoms with Crippen LogP contribution in [0.2, 0.25) is 0 Å². The van der Waals surface area contributed by atoms with E-state index in [0.717, 1.165) is 5.16 Å². The first-order chi connectivity index (χ1) is 12.5. The number of ether oxygens (including phenoxy) is 1. The third-order valence-electron chi connectivity index (χ3n) is 3.38. The van der Waals surface area contributed by atoms with Crippen molar-refractivity contribution in [3.8, 4) is 0 Å². The van der Waals surface area contributed by atoms with Gasteiger partial charge in [-0.25, -0.2) is 4.98 Å². The number of hydrogen-bond donors (Lipinski definition) is 2. The van der Waals surface area contributed by atoms with Crippen molar-refractivity contribution in [1.82, 2.24) is 14.9 Å². The van der Waals surface area contributed by atoms with Gasteiger partial charge in [0, 0.05) is 37.2 Å². The molecule has 2 aromatic rings. The van der Waals surface area contributed by atoms with Gasteiger partial charge in [-0.3, -0.25) is 14.4 Å². The SMILES string of the molecule is COC(=O)CCNC(=O)c1ccc(NC(=O)CSc2nccn2C)cc1. The van der Waals surface area contributed by atoms with E-state index in [1.165, 1.54) is 18.9 Å². The van der Waals surface area contributed by atoms with Gasteiger partial charge >= 0.3 is 5.97 Å². The predicted octanol–water partition coefficient (Wildman–Crippen LogP) is 1.44. The Labute approximate surface area is 155 Å². The molecule has 0 fully saturated rings. The number of methoxy groups -OCH3 is 1. The molecule has 9 heteroatoms. The van der Waals surface area contributed by atoms with Gasteiger partial charge < -0.3 is 19.9 Å². The minimum atomic E-state index is -0.383. The minimum Gasteiger partial charge on any atom is -0.469 e. The topological polar surface area (TPSA) is 102 Å². The van der Waals surface area contributed by atoms with Crippen LogP contribution in [-0.4, -0.2) is 46.7 Å². The van der Waals surface area contributed by atoms with Crippen LogP contribution >= 0.6 is 11.8 Å². The standard InChI is InChI=1S/C17H20N4O4S/c1-21-10-9-19-17(21)26-11-14(22)20-13-5-3-12(4-6-13)16(24)18-8-7-15(23)25-2/h3-6,9-10H,7-8,11H2,1-2H3,(H,18,24)(H,20,22). The molecule has 0 aliphatic rings. The minimum absolute atomic E-state index is 0.115. The Morgan fingerprint density at radius 2 is 1.96 bits per heavy atom. The van der Waals surface area contributed by atoms with E-state index in [2.05, 4.69) is 20.4 Å². The van der Waals surface area contributed by atoms with Crippen molar-refractivity contribution in [2.45, 2.75) is 11.6 Å². The number of aryl methyl sites for hydroxylation is 1. The van der Waals surface area contributed by atoms with Gasteiger partial charge in [0.2, 0.25) is 5.91 Å². The summed E-state index contributed by atoms with van der Waals surface area (Å²) in [4.78, 5) is 39.1. The Kier molecular flexibility index (Phi) is 7.22. The van der Waals surface area contributed by atoms with E-state index in [0.29, 0.717) is 11.3 Å². The second-order valence-electron chi connectivity index (χ2n) is 5.32. The number of hydrogen-bond acceptors (Lipinski definition) is 6. The number of carbonyl (C=O) groups is 3. The lowest BCUT2D eigenvalue weighted by molar-refractivity contribution is -0.140. The van der Waals surface area contributed by atoms with Gasteiger partial charge in [0.25, 0.3) is 5.91 Å². The number of imidazole rings is 1. The fourth-order valence-corrected chi connectivity index (χ4v) is 2.74. The van der Waals surface area contributed by atoms with Gasteiger partial charge in [-0.1, -0.05) is 11.8 Å². The number of nitrogens with zero attached hydrogens (tertiary/aromatic N) is 2. The molecule has 0 aliphatic heterocycles. The summed E-state index contributed by atoms with van der Waals surface area (Å²) in [6.07, 6.45) is 3.61. The summed E-state index contributed by atoms with van der Waals surface area (Å²) < 4.78 is 6.34. The van der Waals surface area contributed by atoms with E-state index < -0.39 is 0 Å². The van der Waals surface area contributed by atoms with E-state index >= 15 is 0 Å². The summed E-state index contributed by atoms with van der Waals surface area (Å²) in [5, 5.41) is 6.15. The molecule has 1 aromatic heterocycles. The Hall–Kier alpha value is -2.81. The first-order valence-corrected chi connectivity index (χ1v) is 8.83. The maximum absolute atomic E-state index is 12.0. The summed E-state index contributed by atoms with van der Waals surface area (Å²) >= 11 is 1.34. The van der Waals surface area contributed by atoms with E-state index in [1.54, 1.807) is 30.5 Å². The van der Waals surface area contributed by atoms with Crippen molar-refractivity contribution >= 4 is 35.2 Å². The molecular formula is C17H20N4O4S. The number of esters is 1. The molecule has 8 nitrogen and oxygen atoms in total. The number of anilines is 1. The summed E-state index contributed by atoms with van der Waals surface area (Å²) in [5.41, 5.74) is 1.04. The molecule has 0 radical (unpaired) electrons. The molecule has 26 heavy (non-hydrogen) atoms. The van der Waals surface area contributed by atoms with Crippen LogP contribution in [0.25, 0.3) is 0 Å². The van der Waals surface area contributed by atoms with Crippen LogP contribution in [0.4, 0.5) is 5.69 Å². The van der Waals surface area contributed by atoms with Crippen LogP contribution in [0, 0.1) is 0 Å². The lowest BCUT2D eigenvalue weighted by Crippen LogP contribution is -2.26. The fourth-order valence-electron chi connectivity index (χ4n) is 2.01. The number of aromatic nitrogens is 2. The van der Waals surface area contributed by atoms with Crippen LogP contribution in [0.5, 0.6) is 0 Å². The van der Waals surface area contributed by atoms with Crippen LogP contribution < -0.4 is 10.6 Å². The summed E-state index contributed by atoms with van der Waals surface area (Å²) in [5.74, 6) is -0.599. The van der Waals surface area contributed by atoms with Gasteiger partial charge in [-0.15, -0.1) is 0 Å². The molecule has 138 valence electrons. The average molecular weight is 376 g/mol. The summed E-state index contributed by atoms with van der Waals surface area (Å²) in [6, 6.07) is 6.51. The Morgan fingerprint density at radius 1 is 1.23 bits per heavy atom. The molecule has 0 spiro atoms. The molecule has 2 rings (SSSR count). The van der Waals surface area contributed by atoms with Crippen molar-refractivity contribution in [2.24, 2.45) is 7.05 Å². The van der Waals surface area contributed by atoms with Gasteiger partial charge in [-0.05, 0) is 24.3 Å². The Morgan fingerprint density at radius 3 is 2.58 bits per heavy atom. The zero-order valence-electron chi connectivity index (χ0n) is 14.5. The first kappa shape index (κ1) is 19.5. The number of carbonyl (C=O) groups excluding carboxylic acids is 3. The quantitative estimate of drug-likeness (QED) is 0.534. The maximum atomic E-state index is 12.0. The third kappa shape index (κ3) is 5.92. The summed E-state index contributed by atoms with van der Waals surface area (Å²) in [7, 11) is 3.16. The van der Waals surface area contributed by atoms with Crippen molar-refractivity contribution in [3.05, 3.63) is 42.2 Å². The summed E-state index contributed by atoms with van der Waals surface area (Å²) in [6.45, 7) is 0.203. The molecule has 0 atom stereocenters. The molecule has 0 bridgehead atoms. The van der Waals surface area contributed by atoms with Crippen molar-refractivity contribution in [3.63, 3.8) is 0 Å². The van der Waals surface area contributed by atoms with Crippen LogP contribution in [-0.2, 0) is 21.4 Å². The highest BCUT2D eigenvalue weighted by molar-refractivity contribution is 7.99. The largest absolute Gasteiger partial charge is 0.469 e. The third-order valence-corrected chi connectivity index (χ3v) is 4.44. The van der Waals surface area contributed by atoms with Crippen molar-refractivity contribution in [1.29, 1.82) is 0 Å². The second-order valence-corrected chi connectivity index (χ2v) is 6.26. The van der Waals surface area contributed by atoms with Crippen molar-refractivity contribution in [2.75, 3.05) is 24.7 Å². The zero-order valence-corrected chi connectivity index (χ0v) is 15.3. The number of thioether (sulfide) groups is 1. The van der Waals surface area contributed by atoms with E-state index in [-0.39, 0.29) is 36.5 Å². The second kappa shape index (κ2) is 9.62. The fraction of sp³-hybridized carbons (Fsp3) is 0.294. The van der Waals surface area contributed by atoms with Crippen LogP contribution in [0.1, 0.15) is 16.8 Å². The molecule has 2 amide bonds. The van der Waals surface area contributed by atoms with Gasteiger partial charge in [0.15, 0.2) is 5.16 Å². The first-order valence-electron chi connectivity index (χ1n) is 7.84. The van der Waals surface area contributed by atoms with Crippen molar-refractivity contribution < 1.29 is 19.1 Å². The van der Waals surface area contributed by atoms with Gasteiger partial charge in [0.05, 0.1) is 19.3 Å². The van der Waals surface area contributed by atoms with E-state index in [1.807, 2.05) is 17.8 Å². The lowest BCUT2D eigenvalue weighted by Gasteiger charge is -2.07. The lowest BCUT2D eigenvalue weighted by atomic mass is 10.2. The number of amides is 2. The predicted molar refractivity (Wildman–Crippen MR) is 98.0 cm³/mol. The van der Waals surface area contributed by atoms with Crippen LogP contribution in [0.15, 0.2) is 41.8 Å². The average Bonchev–Trinajstić information content (AvgIpc) is 3.05. The molecule has 0 aliphatic carbocycles. The monoisotopic (exact) mass is 376 g/mol. The molecular weight excluding hydrogens is 356 g/mol. The number of nitrogens with one attached hydrogen (secondary N) is 2. The zero-order chi connectivity index (χ0) is 18.9. The maximum Gasteiger partial charge on any atom is 0.307 e. The van der Waals surface area contributed by atoms with Gasteiger partial charge in [-0.2, -0.15) is 0 Å². The molecule has 1 aromatic carbocycles. The Bertz CT molecular complexity index is 773. The molecule has 0 saturated heterocycles.